The van der Waals surface area contributed by atoms with Gasteiger partial charge in [-0.3, -0.25) is 0 Å². The summed E-state index contributed by atoms with van der Waals surface area (Å²) in [6, 6.07) is 3.14. The van der Waals surface area contributed by atoms with Crippen molar-refractivity contribution >= 4 is 11.8 Å². The summed E-state index contributed by atoms with van der Waals surface area (Å²) in [4.78, 5) is 15.0. The van der Waals surface area contributed by atoms with Crippen LogP contribution in [0.4, 0.5) is 5.82 Å². The number of carboxylic acids is 1. The maximum absolute atomic E-state index is 11.0. The number of pyridine rings is 1. The SMILES string of the molecule is O=C(O)c1cccnc1NCC1(CCO)CC1. The van der Waals surface area contributed by atoms with Gasteiger partial charge >= 0.3 is 5.97 Å². The zero-order valence-corrected chi connectivity index (χ0v) is 9.52. The molecule has 5 heteroatoms. The first kappa shape index (κ1) is 11.9. The van der Waals surface area contributed by atoms with Crippen molar-refractivity contribution in [3.05, 3.63) is 23.9 Å². The van der Waals surface area contributed by atoms with E-state index < -0.39 is 5.97 Å². The van der Waals surface area contributed by atoms with E-state index in [0.717, 1.165) is 19.3 Å². The van der Waals surface area contributed by atoms with Gasteiger partial charge in [-0.15, -0.1) is 0 Å². The first-order valence-corrected chi connectivity index (χ1v) is 5.70. The molecule has 0 radical (unpaired) electrons. The minimum Gasteiger partial charge on any atom is -0.478 e. The maximum atomic E-state index is 11.0. The lowest BCUT2D eigenvalue weighted by atomic mass is 10.0. The number of aliphatic hydroxyl groups excluding tert-OH is 1. The van der Waals surface area contributed by atoms with E-state index in [-0.39, 0.29) is 17.6 Å². The molecule has 0 bridgehead atoms. The van der Waals surface area contributed by atoms with Gasteiger partial charge in [0.25, 0.3) is 0 Å². The van der Waals surface area contributed by atoms with Gasteiger partial charge in [0.05, 0.1) is 0 Å². The number of hydrogen-bond acceptors (Lipinski definition) is 4. The third kappa shape index (κ3) is 2.74. The highest BCUT2D eigenvalue weighted by Crippen LogP contribution is 2.48. The average molecular weight is 236 g/mol. The molecule has 2 rings (SSSR count). The van der Waals surface area contributed by atoms with E-state index in [0.29, 0.717) is 12.4 Å². The Hall–Kier alpha value is -1.62. The Balaban J connectivity index is 2.02. The molecule has 0 aliphatic heterocycles. The summed E-state index contributed by atoms with van der Waals surface area (Å²) in [5.74, 6) is -0.572. The Morgan fingerprint density at radius 2 is 2.29 bits per heavy atom. The number of hydrogen-bond donors (Lipinski definition) is 3. The number of carboxylic acid groups (broad SMARTS) is 1. The van der Waals surface area contributed by atoms with Crippen molar-refractivity contribution in [2.45, 2.75) is 19.3 Å². The van der Waals surface area contributed by atoms with E-state index >= 15 is 0 Å². The van der Waals surface area contributed by atoms with Gasteiger partial charge in [0, 0.05) is 19.3 Å². The summed E-state index contributed by atoms with van der Waals surface area (Å²) in [5.41, 5.74) is 0.328. The minimum absolute atomic E-state index is 0.141. The van der Waals surface area contributed by atoms with Gasteiger partial charge in [0.2, 0.25) is 0 Å². The number of anilines is 1. The molecule has 0 spiro atoms. The Morgan fingerprint density at radius 1 is 1.53 bits per heavy atom. The molecule has 1 heterocycles. The molecule has 17 heavy (non-hydrogen) atoms. The Bertz CT molecular complexity index is 416. The lowest BCUT2D eigenvalue weighted by Crippen LogP contribution is -2.19. The zero-order chi connectivity index (χ0) is 12.3. The second-order valence-electron chi connectivity index (χ2n) is 4.53. The van der Waals surface area contributed by atoms with Crippen molar-refractivity contribution in [2.24, 2.45) is 5.41 Å². The van der Waals surface area contributed by atoms with Crippen molar-refractivity contribution in [1.82, 2.24) is 4.98 Å². The Kier molecular flexibility index (Phi) is 3.28. The van der Waals surface area contributed by atoms with Crippen LogP contribution in [0.2, 0.25) is 0 Å². The normalized spacial score (nSPS) is 16.5. The van der Waals surface area contributed by atoms with E-state index in [1.54, 1.807) is 12.3 Å². The molecule has 3 N–H and O–H groups in total. The van der Waals surface area contributed by atoms with Crippen LogP contribution in [0, 0.1) is 5.41 Å². The molecule has 1 aliphatic rings. The summed E-state index contributed by atoms with van der Waals surface area (Å²) in [7, 11) is 0. The van der Waals surface area contributed by atoms with Crippen LogP contribution in [-0.2, 0) is 0 Å². The largest absolute Gasteiger partial charge is 0.478 e. The van der Waals surface area contributed by atoms with E-state index in [2.05, 4.69) is 10.3 Å². The molecule has 1 aromatic rings. The van der Waals surface area contributed by atoms with Gasteiger partial charge in [-0.05, 0) is 36.8 Å². The summed E-state index contributed by atoms with van der Waals surface area (Å²) < 4.78 is 0. The molecule has 1 saturated carbocycles. The van der Waals surface area contributed by atoms with E-state index in [1.807, 2.05) is 0 Å². The predicted octanol–water partition coefficient (Wildman–Crippen LogP) is 1.35. The Morgan fingerprint density at radius 3 is 2.88 bits per heavy atom. The fraction of sp³-hybridized carbons (Fsp3) is 0.500. The number of aliphatic hydroxyl groups is 1. The third-order valence-corrected chi connectivity index (χ3v) is 3.27. The van der Waals surface area contributed by atoms with Crippen LogP contribution in [0.25, 0.3) is 0 Å². The predicted molar refractivity (Wildman–Crippen MR) is 63.1 cm³/mol. The van der Waals surface area contributed by atoms with Gasteiger partial charge < -0.3 is 15.5 Å². The number of aromatic nitrogens is 1. The number of rotatable bonds is 6. The number of carbonyl (C=O) groups is 1. The molecule has 5 nitrogen and oxygen atoms in total. The Labute approximate surface area is 99.5 Å². The van der Waals surface area contributed by atoms with Crippen LogP contribution in [0.5, 0.6) is 0 Å². The smallest absolute Gasteiger partial charge is 0.339 e. The fourth-order valence-corrected chi connectivity index (χ4v) is 1.92. The average Bonchev–Trinajstić information content (AvgIpc) is 3.08. The molecule has 92 valence electrons. The minimum atomic E-state index is -0.979. The van der Waals surface area contributed by atoms with Gasteiger partial charge in [-0.2, -0.15) is 0 Å². The standard InChI is InChI=1S/C12H16N2O3/c15-7-5-12(3-4-12)8-14-10-9(11(16)17)2-1-6-13-10/h1-2,6,15H,3-5,7-8H2,(H,13,14)(H,16,17). The van der Waals surface area contributed by atoms with Crippen molar-refractivity contribution < 1.29 is 15.0 Å². The highest BCUT2D eigenvalue weighted by Gasteiger charge is 2.41. The van der Waals surface area contributed by atoms with E-state index in [9.17, 15) is 4.79 Å². The maximum Gasteiger partial charge on any atom is 0.339 e. The highest BCUT2D eigenvalue weighted by atomic mass is 16.4. The first-order valence-electron chi connectivity index (χ1n) is 5.70. The molecule has 0 aromatic carbocycles. The molecule has 1 aliphatic carbocycles. The lowest BCUT2D eigenvalue weighted by Gasteiger charge is -2.15. The number of nitrogens with zero attached hydrogens (tertiary/aromatic N) is 1. The summed E-state index contributed by atoms with van der Waals surface area (Å²) in [6.45, 7) is 0.848. The van der Waals surface area contributed by atoms with Crippen LogP contribution >= 0.6 is 0 Å². The van der Waals surface area contributed by atoms with Gasteiger partial charge in [-0.25, -0.2) is 9.78 Å². The van der Waals surface area contributed by atoms with Crippen molar-refractivity contribution in [1.29, 1.82) is 0 Å². The van der Waals surface area contributed by atoms with Crippen molar-refractivity contribution in [2.75, 3.05) is 18.5 Å². The van der Waals surface area contributed by atoms with Crippen LogP contribution in [0.15, 0.2) is 18.3 Å². The number of aromatic carboxylic acids is 1. The molecule has 1 fully saturated rings. The van der Waals surface area contributed by atoms with Crippen LogP contribution in [0.1, 0.15) is 29.6 Å². The van der Waals surface area contributed by atoms with Gasteiger partial charge in [0.15, 0.2) is 0 Å². The van der Waals surface area contributed by atoms with E-state index in [4.69, 9.17) is 10.2 Å². The topological polar surface area (TPSA) is 82.5 Å². The summed E-state index contributed by atoms with van der Waals surface area (Å²) in [6.07, 6.45) is 4.49. The van der Waals surface area contributed by atoms with Gasteiger partial charge in [0.1, 0.15) is 11.4 Å². The second-order valence-corrected chi connectivity index (χ2v) is 4.53. The third-order valence-electron chi connectivity index (χ3n) is 3.27. The molecule has 0 atom stereocenters. The van der Waals surface area contributed by atoms with Crippen molar-refractivity contribution in [3.8, 4) is 0 Å². The molecule has 0 amide bonds. The quantitative estimate of drug-likeness (QED) is 0.694. The molecular formula is C12H16N2O3. The first-order chi connectivity index (χ1) is 8.17. The molecule has 1 aromatic heterocycles. The highest BCUT2D eigenvalue weighted by molar-refractivity contribution is 5.92. The zero-order valence-electron chi connectivity index (χ0n) is 9.52. The molecule has 0 saturated heterocycles. The van der Waals surface area contributed by atoms with Crippen LogP contribution < -0.4 is 5.32 Å². The molecule has 0 unspecified atom stereocenters. The van der Waals surface area contributed by atoms with E-state index in [1.165, 1.54) is 6.07 Å². The molecular weight excluding hydrogens is 220 g/mol. The number of nitrogens with one attached hydrogen (secondary N) is 1. The summed E-state index contributed by atoms with van der Waals surface area (Å²) >= 11 is 0. The summed E-state index contributed by atoms with van der Waals surface area (Å²) in [5, 5.41) is 21.0. The fourth-order valence-electron chi connectivity index (χ4n) is 1.92. The van der Waals surface area contributed by atoms with Gasteiger partial charge in [-0.1, -0.05) is 0 Å². The monoisotopic (exact) mass is 236 g/mol. The van der Waals surface area contributed by atoms with Crippen LogP contribution in [-0.4, -0.2) is 34.3 Å². The second kappa shape index (κ2) is 4.71. The lowest BCUT2D eigenvalue weighted by molar-refractivity contribution is 0.0697. The van der Waals surface area contributed by atoms with Crippen LogP contribution in [0.3, 0.4) is 0 Å². The van der Waals surface area contributed by atoms with Crippen molar-refractivity contribution in [3.63, 3.8) is 0 Å².